The van der Waals surface area contributed by atoms with E-state index in [0.29, 0.717) is 41.7 Å². The number of aliphatic hydroxyl groups is 1. The Morgan fingerprint density at radius 2 is 1.82 bits per heavy atom. The molecule has 0 aromatic carbocycles. The lowest BCUT2D eigenvalue weighted by Gasteiger charge is -2.64. The molecule has 0 aromatic rings. The number of ether oxygens (including phenoxy) is 1. The van der Waals surface area contributed by atoms with Crippen molar-refractivity contribution < 1.29 is 19.8 Å². The van der Waals surface area contributed by atoms with E-state index in [9.17, 15) is 15.1 Å². The summed E-state index contributed by atoms with van der Waals surface area (Å²) in [4.78, 5) is 11.6. The summed E-state index contributed by atoms with van der Waals surface area (Å²) in [6.07, 6.45) is 11.2. The summed E-state index contributed by atoms with van der Waals surface area (Å²) in [6, 6.07) is 0. The second-order valence-corrected chi connectivity index (χ2v) is 13.4. The minimum Gasteiger partial charge on any atom is -0.462 e. The van der Waals surface area contributed by atoms with E-state index in [0.717, 1.165) is 37.0 Å². The summed E-state index contributed by atoms with van der Waals surface area (Å²) >= 11 is 0. The first-order chi connectivity index (χ1) is 16.0. The van der Waals surface area contributed by atoms with Crippen LogP contribution in [0.3, 0.4) is 0 Å². The summed E-state index contributed by atoms with van der Waals surface area (Å²) in [5, 5.41) is 25.8. The van der Waals surface area contributed by atoms with Crippen LogP contribution in [0.4, 0.5) is 0 Å². The van der Waals surface area contributed by atoms with Crippen molar-refractivity contribution in [2.75, 3.05) is 0 Å². The Balaban J connectivity index is 1.56. The van der Waals surface area contributed by atoms with Crippen LogP contribution in [-0.4, -0.2) is 33.7 Å². The van der Waals surface area contributed by atoms with Gasteiger partial charge in [0, 0.05) is 18.8 Å². The number of hydrogen-bond donors (Lipinski definition) is 2. The third-order valence-corrected chi connectivity index (χ3v) is 11.3. The van der Waals surface area contributed by atoms with Crippen LogP contribution in [0, 0.1) is 46.3 Å². The molecule has 5 nitrogen and oxygen atoms in total. The third-order valence-electron chi connectivity index (χ3n) is 11.3. The van der Waals surface area contributed by atoms with E-state index in [2.05, 4.69) is 39.8 Å². The number of fused-ring (bicyclic) bond motifs is 5. The monoisotopic (exact) mass is 475 g/mol. The number of hydrogen-bond acceptors (Lipinski definition) is 5. The molecule has 4 rings (SSSR count). The van der Waals surface area contributed by atoms with Crippen molar-refractivity contribution in [3.63, 3.8) is 0 Å². The molecule has 9 atom stereocenters. The van der Waals surface area contributed by atoms with Gasteiger partial charge in [0.2, 0.25) is 0 Å². The lowest BCUT2D eigenvalue weighted by atomic mass is 9.42. The first kappa shape index (κ1) is 26.0. The van der Waals surface area contributed by atoms with Gasteiger partial charge in [-0.25, -0.2) is 0 Å². The molecule has 0 saturated heterocycles. The molecule has 194 valence electrons. The molecule has 4 aliphatic carbocycles. The highest BCUT2D eigenvalue weighted by molar-refractivity contribution is 5.94. The number of carbonyl (C=O) groups is 1. The minimum atomic E-state index is -1.20. The van der Waals surface area contributed by atoms with Crippen molar-refractivity contribution in [3.05, 3.63) is 0 Å². The summed E-state index contributed by atoms with van der Waals surface area (Å²) in [5.41, 5.74) is -0.654. The van der Waals surface area contributed by atoms with Crippen molar-refractivity contribution in [1.82, 2.24) is 0 Å². The molecule has 0 heterocycles. The number of nitrogens with zero attached hydrogens (tertiary/aromatic N) is 1. The molecule has 2 N–H and O–H groups in total. The molecule has 4 fully saturated rings. The second kappa shape index (κ2) is 9.41. The van der Waals surface area contributed by atoms with Crippen LogP contribution in [0.2, 0.25) is 0 Å². The molecule has 5 heteroatoms. The quantitative estimate of drug-likeness (QED) is 0.258. The number of esters is 1. The Morgan fingerprint density at radius 3 is 2.47 bits per heavy atom. The SMILES string of the molecule is CC(=O)O[C@H]1CC[C@]2(C)[C@@H]3CC[C@]4(C)[C@@H]([C@H](C)CCCC(C)C)CC[C@H]4[C@H]3C/C(=N\O)[C@]2(O)C1. The molecule has 0 amide bonds. The first-order valence-corrected chi connectivity index (χ1v) is 14.1. The Morgan fingerprint density at radius 1 is 1.09 bits per heavy atom. The second-order valence-electron chi connectivity index (χ2n) is 13.4. The fourth-order valence-electron chi connectivity index (χ4n) is 9.51. The molecule has 0 aliphatic heterocycles. The highest BCUT2D eigenvalue weighted by atomic mass is 16.5. The number of rotatable bonds is 6. The van der Waals surface area contributed by atoms with Gasteiger partial charge in [-0.05, 0) is 85.9 Å². The zero-order valence-corrected chi connectivity index (χ0v) is 22.5. The van der Waals surface area contributed by atoms with Crippen molar-refractivity contribution in [2.45, 2.75) is 124 Å². The van der Waals surface area contributed by atoms with Crippen molar-refractivity contribution in [1.29, 1.82) is 0 Å². The molecule has 0 spiro atoms. The highest BCUT2D eigenvalue weighted by Crippen LogP contribution is 2.68. The van der Waals surface area contributed by atoms with Gasteiger partial charge in [0.1, 0.15) is 11.7 Å². The molecule has 4 aliphatic rings. The Hall–Kier alpha value is -1.10. The molecule has 4 saturated carbocycles. The van der Waals surface area contributed by atoms with E-state index in [1.54, 1.807) is 0 Å². The van der Waals surface area contributed by atoms with E-state index in [-0.39, 0.29) is 17.5 Å². The van der Waals surface area contributed by atoms with E-state index < -0.39 is 5.60 Å². The Labute approximate surface area is 207 Å². The molecular formula is C29H49NO4. The highest BCUT2D eigenvalue weighted by Gasteiger charge is 2.67. The van der Waals surface area contributed by atoms with Gasteiger partial charge in [-0.15, -0.1) is 0 Å². The average molecular weight is 476 g/mol. The summed E-state index contributed by atoms with van der Waals surface area (Å²) in [7, 11) is 0. The van der Waals surface area contributed by atoms with Gasteiger partial charge in [0.15, 0.2) is 0 Å². The topological polar surface area (TPSA) is 79.1 Å². The van der Waals surface area contributed by atoms with Crippen molar-refractivity contribution >= 4 is 11.7 Å². The smallest absolute Gasteiger partial charge is 0.302 e. The lowest BCUT2D eigenvalue weighted by molar-refractivity contribution is -0.183. The van der Waals surface area contributed by atoms with Gasteiger partial charge >= 0.3 is 5.97 Å². The van der Waals surface area contributed by atoms with Gasteiger partial charge in [-0.2, -0.15) is 0 Å². The predicted molar refractivity (Wildman–Crippen MR) is 135 cm³/mol. The molecule has 0 aromatic heterocycles. The van der Waals surface area contributed by atoms with Crippen LogP contribution < -0.4 is 0 Å². The maximum absolute atomic E-state index is 12.0. The van der Waals surface area contributed by atoms with Gasteiger partial charge < -0.3 is 15.1 Å². The van der Waals surface area contributed by atoms with Gasteiger partial charge in [0.05, 0.1) is 5.71 Å². The molecule has 34 heavy (non-hydrogen) atoms. The predicted octanol–water partition coefficient (Wildman–Crippen LogP) is 6.59. The van der Waals surface area contributed by atoms with Crippen LogP contribution in [0.1, 0.15) is 112 Å². The number of carbonyl (C=O) groups excluding carboxylic acids is 1. The van der Waals surface area contributed by atoms with E-state index >= 15 is 0 Å². The maximum atomic E-state index is 12.0. The Kier molecular flexibility index (Phi) is 7.19. The Bertz CT molecular complexity index is 795. The van der Waals surface area contributed by atoms with E-state index in [1.807, 2.05) is 0 Å². The van der Waals surface area contributed by atoms with Gasteiger partial charge in [0.25, 0.3) is 0 Å². The van der Waals surface area contributed by atoms with E-state index in [4.69, 9.17) is 4.74 Å². The largest absolute Gasteiger partial charge is 0.462 e. The zero-order valence-electron chi connectivity index (χ0n) is 22.5. The first-order valence-electron chi connectivity index (χ1n) is 14.1. The van der Waals surface area contributed by atoms with Gasteiger partial charge in [-0.3, -0.25) is 4.79 Å². The number of oxime groups is 1. The van der Waals surface area contributed by atoms with Crippen LogP contribution in [-0.2, 0) is 9.53 Å². The van der Waals surface area contributed by atoms with E-state index in [1.165, 1.54) is 45.4 Å². The normalized spacial score (nSPS) is 46.0. The fraction of sp³-hybridized carbons (Fsp3) is 0.931. The summed E-state index contributed by atoms with van der Waals surface area (Å²) < 4.78 is 5.52. The maximum Gasteiger partial charge on any atom is 0.302 e. The van der Waals surface area contributed by atoms with Gasteiger partial charge in [-0.1, -0.05) is 59.0 Å². The van der Waals surface area contributed by atoms with Crippen LogP contribution in [0.25, 0.3) is 0 Å². The lowest BCUT2D eigenvalue weighted by Crippen LogP contribution is -2.67. The molecular weight excluding hydrogens is 426 g/mol. The third kappa shape index (κ3) is 4.12. The average Bonchev–Trinajstić information content (AvgIpc) is 3.11. The standard InChI is InChI=1S/C29H49NO4/c1-18(2)8-7-9-19(3)23-10-11-24-22-16-26(30-33)29(32)17-21(34-20(4)31)12-15-28(29,6)25(22)13-14-27(23,24)5/h18-19,21-25,32-33H,7-17H2,1-6H3/b30-26+/t19-,21+,22-,23-,24+,25-,27-,28-,29-/m1/s1. The molecule has 0 unspecified atom stereocenters. The van der Waals surface area contributed by atoms with Crippen molar-refractivity contribution in [2.24, 2.45) is 51.5 Å². The van der Waals surface area contributed by atoms with Crippen molar-refractivity contribution in [3.8, 4) is 0 Å². The van der Waals surface area contributed by atoms with Crippen LogP contribution in [0.15, 0.2) is 5.16 Å². The minimum absolute atomic E-state index is 0.304. The van der Waals surface area contributed by atoms with Crippen LogP contribution in [0.5, 0.6) is 0 Å². The van der Waals surface area contributed by atoms with Crippen LogP contribution >= 0.6 is 0 Å². The summed E-state index contributed by atoms with van der Waals surface area (Å²) in [6.45, 7) is 13.3. The fourth-order valence-corrected chi connectivity index (χ4v) is 9.51. The molecule has 0 bridgehead atoms. The molecule has 0 radical (unpaired) electrons. The summed E-state index contributed by atoms with van der Waals surface area (Å²) in [5.74, 6) is 3.53. The zero-order chi connectivity index (χ0) is 24.9.